The molecule has 2 rings (SSSR count). The first-order valence-electron chi connectivity index (χ1n) is 6.83. The number of carbonyl (C=O) groups is 1. The number of benzene rings is 1. The number of hydrogen-bond acceptors (Lipinski definition) is 3. The molecule has 0 bridgehead atoms. The third kappa shape index (κ3) is 3.33. The van der Waals surface area contributed by atoms with Crippen molar-refractivity contribution in [2.45, 2.75) is 25.8 Å². The number of amides is 1. The van der Waals surface area contributed by atoms with Gasteiger partial charge in [0.2, 0.25) is 5.91 Å². The molecule has 1 unspecified atom stereocenters. The number of rotatable bonds is 6. The lowest BCUT2D eigenvalue weighted by molar-refractivity contribution is -0.118. The van der Waals surface area contributed by atoms with E-state index in [-0.39, 0.29) is 11.9 Å². The zero-order valence-corrected chi connectivity index (χ0v) is 11.7. The summed E-state index contributed by atoms with van der Waals surface area (Å²) in [7, 11) is 1.68. The molecule has 0 saturated heterocycles. The monoisotopic (exact) mass is 262 g/mol. The van der Waals surface area contributed by atoms with Crippen molar-refractivity contribution in [2.75, 3.05) is 31.7 Å². The minimum atomic E-state index is 0.197. The summed E-state index contributed by atoms with van der Waals surface area (Å²) in [5.74, 6) is 0.197. The maximum Gasteiger partial charge on any atom is 0.228 e. The Morgan fingerprint density at radius 3 is 3.00 bits per heavy atom. The van der Waals surface area contributed by atoms with Crippen molar-refractivity contribution < 1.29 is 9.53 Å². The predicted molar refractivity (Wildman–Crippen MR) is 76.5 cm³/mol. The van der Waals surface area contributed by atoms with Gasteiger partial charge >= 0.3 is 0 Å². The maximum atomic E-state index is 12.3. The van der Waals surface area contributed by atoms with Crippen LogP contribution in [0.5, 0.6) is 0 Å². The molecule has 0 aromatic heterocycles. The Morgan fingerprint density at radius 1 is 1.42 bits per heavy atom. The van der Waals surface area contributed by atoms with Gasteiger partial charge in [0.05, 0.1) is 6.61 Å². The van der Waals surface area contributed by atoms with Crippen LogP contribution < -0.4 is 10.2 Å². The lowest BCUT2D eigenvalue weighted by atomic mass is 10.1. The van der Waals surface area contributed by atoms with Crippen LogP contribution in [-0.4, -0.2) is 38.8 Å². The number of anilines is 1. The number of hydrogen-bond donors (Lipinski definition) is 1. The zero-order chi connectivity index (χ0) is 13.7. The van der Waals surface area contributed by atoms with E-state index >= 15 is 0 Å². The van der Waals surface area contributed by atoms with Crippen molar-refractivity contribution in [3.8, 4) is 0 Å². The molecule has 19 heavy (non-hydrogen) atoms. The number of carbonyl (C=O) groups excluding carboxylic acids is 1. The molecule has 1 aromatic carbocycles. The van der Waals surface area contributed by atoms with Crippen LogP contribution in [0.4, 0.5) is 5.69 Å². The minimum Gasteiger partial charge on any atom is -0.383 e. The van der Waals surface area contributed by atoms with Crippen molar-refractivity contribution in [3.05, 3.63) is 29.8 Å². The molecule has 1 N–H and O–H groups in total. The van der Waals surface area contributed by atoms with Crippen molar-refractivity contribution in [2.24, 2.45) is 0 Å². The third-order valence-corrected chi connectivity index (χ3v) is 3.47. The smallest absolute Gasteiger partial charge is 0.228 e. The zero-order valence-electron chi connectivity index (χ0n) is 11.7. The van der Waals surface area contributed by atoms with Crippen LogP contribution in [0.2, 0.25) is 0 Å². The summed E-state index contributed by atoms with van der Waals surface area (Å²) >= 11 is 0. The van der Waals surface area contributed by atoms with Gasteiger partial charge in [-0.3, -0.25) is 4.79 Å². The van der Waals surface area contributed by atoms with Crippen molar-refractivity contribution in [3.63, 3.8) is 0 Å². The SMILES string of the molecule is COCCNCCC(=O)N1c2ccccc2CC1C. The summed E-state index contributed by atoms with van der Waals surface area (Å²) in [6.07, 6.45) is 1.49. The fourth-order valence-corrected chi connectivity index (χ4v) is 2.56. The van der Waals surface area contributed by atoms with Crippen LogP contribution in [-0.2, 0) is 16.0 Å². The number of nitrogens with one attached hydrogen (secondary N) is 1. The number of fused-ring (bicyclic) bond motifs is 1. The van der Waals surface area contributed by atoms with Gasteiger partial charge in [-0.2, -0.15) is 0 Å². The second-order valence-corrected chi connectivity index (χ2v) is 4.94. The highest BCUT2D eigenvalue weighted by atomic mass is 16.5. The summed E-state index contributed by atoms with van der Waals surface area (Å²) in [6, 6.07) is 8.44. The van der Waals surface area contributed by atoms with E-state index in [1.54, 1.807) is 7.11 Å². The molecule has 0 aliphatic carbocycles. The fourth-order valence-electron chi connectivity index (χ4n) is 2.56. The van der Waals surface area contributed by atoms with E-state index < -0.39 is 0 Å². The normalized spacial score (nSPS) is 17.6. The van der Waals surface area contributed by atoms with Crippen LogP contribution in [0.25, 0.3) is 0 Å². The molecule has 0 saturated carbocycles. The molecule has 4 nitrogen and oxygen atoms in total. The van der Waals surface area contributed by atoms with Gasteiger partial charge in [0.25, 0.3) is 0 Å². The van der Waals surface area contributed by atoms with Gasteiger partial charge < -0.3 is 15.0 Å². The van der Waals surface area contributed by atoms with E-state index in [0.717, 1.165) is 18.7 Å². The Labute approximate surface area is 114 Å². The third-order valence-electron chi connectivity index (χ3n) is 3.47. The summed E-state index contributed by atoms with van der Waals surface area (Å²) < 4.78 is 4.95. The highest BCUT2D eigenvalue weighted by molar-refractivity contribution is 5.96. The van der Waals surface area contributed by atoms with E-state index in [2.05, 4.69) is 18.3 Å². The molecule has 0 radical (unpaired) electrons. The molecule has 1 amide bonds. The maximum absolute atomic E-state index is 12.3. The van der Waals surface area contributed by atoms with Gasteiger partial charge in [0.15, 0.2) is 0 Å². The number of para-hydroxylation sites is 1. The second-order valence-electron chi connectivity index (χ2n) is 4.94. The topological polar surface area (TPSA) is 41.6 Å². The van der Waals surface area contributed by atoms with E-state index in [9.17, 15) is 4.79 Å². The Bertz CT molecular complexity index is 434. The van der Waals surface area contributed by atoms with E-state index in [1.807, 2.05) is 23.1 Å². The van der Waals surface area contributed by atoms with E-state index in [1.165, 1.54) is 5.56 Å². The highest BCUT2D eigenvalue weighted by Gasteiger charge is 2.29. The van der Waals surface area contributed by atoms with Gasteiger partial charge in [0.1, 0.15) is 0 Å². The average Bonchev–Trinajstić information content (AvgIpc) is 2.74. The second kappa shape index (κ2) is 6.68. The van der Waals surface area contributed by atoms with E-state index in [0.29, 0.717) is 19.6 Å². The van der Waals surface area contributed by atoms with Crippen LogP contribution in [0, 0.1) is 0 Å². The Balaban J connectivity index is 1.89. The van der Waals surface area contributed by atoms with Crippen molar-refractivity contribution in [1.82, 2.24) is 5.32 Å². The van der Waals surface area contributed by atoms with Crippen molar-refractivity contribution >= 4 is 11.6 Å². The van der Waals surface area contributed by atoms with Gasteiger partial charge in [-0.05, 0) is 25.0 Å². The van der Waals surface area contributed by atoms with Gasteiger partial charge in [-0.25, -0.2) is 0 Å². The van der Waals surface area contributed by atoms with Crippen molar-refractivity contribution in [1.29, 1.82) is 0 Å². The quantitative estimate of drug-likeness (QED) is 0.792. The fraction of sp³-hybridized carbons (Fsp3) is 0.533. The Hall–Kier alpha value is -1.39. The molecule has 1 aliphatic heterocycles. The van der Waals surface area contributed by atoms with Crippen LogP contribution in [0.15, 0.2) is 24.3 Å². The first-order chi connectivity index (χ1) is 9.24. The molecule has 1 atom stereocenters. The lowest BCUT2D eigenvalue weighted by Gasteiger charge is -2.22. The first kappa shape index (κ1) is 14.0. The number of ether oxygens (including phenoxy) is 1. The number of methoxy groups -OCH3 is 1. The minimum absolute atomic E-state index is 0.197. The molecule has 0 fully saturated rings. The van der Waals surface area contributed by atoms with Gasteiger partial charge in [0, 0.05) is 38.3 Å². The summed E-state index contributed by atoms with van der Waals surface area (Å²) in [5.41, 5.74) is 2.35. The van der Waals surface area contributed by atoms with E-state index in [4.69, 9.17) is 4.74 Å². The summed E-state index contributed by atoms with van der Waals surface area (Å²) in [6.45, 7) is 4.27. The molecule has 1 aromatic rings. The standard InChI is InChI=1S/C15H22N2O2/c1-12-11-13-5-3-4-6-14(13)17(12)15(18)7-8-16-9-10-19-2/h3-6,12,16H,7-11H2,1-2H3. The van der Waals surface area contributed by atoms with Crippen LogP contribution >= 0.6 is 0 Å². The highest BCUT2D eigenvalue weighted by Crippen LogP contribution is 2.32. The average molecular weight is 262 g/mol. The molecule has 0 spiro atoms. The molecule has 1 aliphatic rings. The molecular weight excluding hydrogens is 240 g/mol. The Kier molecular flexibility index (Phi) is 4.93. The lowest BCUT2D eigenvalue weighted by Crippen LogP contribution is -2.37. The van der Waals surface area contributed by atoms with Gasteiger partial charge in [-0.15, -0.1) is 0 Å². The van der Waals surface area contributed by atoms with Crippen LogP contribution in [0.1, 0.15) is 18.9 Å². The molecule has 1 heterocycles. The number of nitrogens with zero attached hydrogens (tertiary/aromatic N) is 1. The molecular formula is C15H22N2O2. The molecule has 4 heteroatoms. The first-order valence-corrected chi connectivity index (χ1v) is 6.83. The van der Waals surface area contributed by atoms with Gasteiger partial charge in [-0.1, -0.05) is 18.2 Å². The predicted octanol–water partition coefficient (Wildman–Crippen LogP) is 1.59. The Morgan fingerprint density at radius 2 is 2.21 bits per heavy atom. The molecule has 104 valence electrons. The summed E-state index contributed by atoms with van der Waals surface area (Å²) in [4.78, 5) is 14.2. The summed E-state index contributed by atoms with van der Waals surface area (Å²) in [5, 5.41) is 3.21. The van der Waals surface area contributed by atoms with Crippen LogP contribution in [0.3, 0.4) is 0 Å². The largest absolute Gasteiger partial charge is 0.383 e.